The Morgan fingerprint density at radius 3 is 2.67 bits per heavy atom. The summed E-state index contributed by atoms with van der Waals surface area (Å²) in [6, 6.07) is 5.13. The molecule has 0 saturated heterocycles. The first-order valence-corrected chi connectivity index (χ1v) is 7.12. The molecule has 18 heavy (non-hydrogen) atoms. The van der Waals surface area contributed by atoms with E-state index in [9.17, 15) is 0 Å². The first-order chi connectivity index (χ1) is 8.74. The molecular weight excluding hydrogens is 222 g/mol. The average molecular weight is 247 g/mol. The molecule has 2 rings (SSSR count). The molecule has 1 aliphatic rings. The third-order valence-corrected chi connectivity index (χ3v) is 3.90. The number of aromatic nitrogens is 1. The number of aryl methyl sites for hydroxylation is 1. The SMILES string of the molecule is CCc1cc(CNC)cc(N(C)C2CCCC2)n1. The molecule has 1 aliphatic carbocycles. The van der Waals surface area contributed by atoms with Crippen molar-refractivity contribution in [3.8, 4) is 0 Å². The molecule has 0 aliphatic heterocycles. The van der Waals surface area contributed by atoms with Crippen LogP contribution >= 0.6 is 0 Å². The summed E-state index contributed by atoms with van der Waals surface area (Å²) in [4.78, 5) is 7.16. The van der Waals surface area contributed by atoms with E-state index in [1.54, 1.807) is 0 Å². The molecule has 0 radical (unpaired) electrons. The van der Waals surface area contributed by atoms with Gasteiger partial charge in [-0.05, 0) is 44.0 Å². The van der Waals surface area contributed by atoms with E-state index in [0.29, 0.717) is 6.04 Å². The van der Waals surface area contributed by atoms with Gasteiger partial charge in [-0.15, -0.1) is 0 Å². The first-order valence-electron chi connectivity index (χ1n) is 7.12. The molecule has 0 unspecified atom stereocenters. The Hall–Kier alpha value is -1.09. The van der Waals surface area contributed by atoms with Gasteiger partial charge in [-0.1, -0.05) is 19.8 Å². The fourth-order valence-corrected chi connectivity index (χ4v) is 2.78. The highest BCUT2D eigenvalue weighted by molar-refractivity contribution is 5.43. The summed E-state index contributed by atoms with van der Waals surface area (Å²) in [5.41, 5.74) is 2.53. The molecule has 0 aromatic carbocycles. The van der Waals surface area contributed by atoms with E-state index in [1.807, 2.05) is 7.05 Å². The molecule has 0 amide bonds. The van der Waals surface area contributed by atoms with Crippen LogP contribution in [0.4, 0.5) is 5.82 Å². The highest BCUT2D eigenvalue weighted by Gasteiger charge is 2.21. The second-order valence-corrected chi connectivity index (χ2v) is 5.26. The standard InChI is InChI=1S/C15H25N3/c1-4-13-9-12(11-16-2)10-15(17-13)18(3)14-7-5-6-8-14/h9-10,14,16H,4-8,11H2,1-3H3. The summed E-state index contributed by atoms with van der Waals surface area (Å²) in [6.07, 6.45) is 6.37. The number of hydrogen-bond acceptors (Lipinski definition) is 3. The van der Waals surface area contributed by atoms with Crippen molar-refractivity contribution in [2.75, 3.05) is 19.0 Å². The van der Waals surface area contributed by atoms with Crippen LogP contribution in [0, 0.1) is 0 Å². The van der Waals surface area contributed by atoms with E-state index >= 15 is 0 Å². The maximum atomic E-state index is 4.78. The number of anilines is 1. The van der Waals surface area contributed by atoms with Crippen LogP contribution in [0.15, 0.2) is 12.1 Å². The van der Waals surface area contributed by atoms with Crippen LogP contribution in [0.5, 0.6) is 0 Å². The molecule has 1 saturated carbocycles. The smallest absolute Gasteiger partial charge is 0.129 e. The third-order valence-electron chi connectivity index (χ3n) is 3.90. The molecule has 0 spiro atoms. The van der Waals surface area contributed by atoms with Crippen LogP contribution in [-0.2, 0) is 13.0 Å². The maximum Gasteiger partial charge on any atom is 0.129 e. The van der Waals surface area contributed by atoms with E-state index in [-0.39, 0.29) is 0 Å². The van der Waals surface area contributed by atoms with Crippen molar-refractivity contribution in [2.45, 2.75) is 51.6 Å². The fraction of sp³-hybridized carbons (Fsp3) is 0.667. The van der Waals surface area contributed by atoms with Gasteiger partial charge in [0.25, 0.3) is 0 Å². The van der Waals surface area contributed by atoms with E-state index in [0.717, 1.165) is 18.8 Å². The number of nitrogens with zero attached hydrogens (tertiary/aromatic N) is 2. The normalized spacial score (nSPS) is 16.2. The van der Waals surface area contributed by atoms with Crippen molar-refractivity contribution in [2.24, 2.45) is 0 Å². The Kier molecular flexibility index (Phi) is 4.59. The van der Waals surface area contributed by atoms with Gasteiger partial charge in [-0.3, -0.25) is 0 Å². The molecule has 1 heterocycles. The zero-order valence-electron chi connectivity index (χ0n) is 11.9. The Morgan fingerprint density at radius 1 is 1.33 bits per heavy atom. The summed E-state index contributed by atoms with van der Waals surface area (Å²) in [6.45, 7) is 3.09. The summed E-state index contributed by atoms with van der Waals surface area (Å²) >= 11 is 0. The van der Waals surface area contributed by atoms with Crippen LogP contribution in [0.3, 0.4) is 0 Å². The largest absolute Gasteiger partial charge is 0.357 e. The highest BCUT2D eigenvalue weighted by atomic mass is 15.2. The van der Waals surface area contributed by atoms with E-state index in [4.69, 9.17) is 4.98 Å². The first kappa shape index (κ1) is 13.3. The molecular formula is C15H25N3. The summed E-state index contributed by atoms with van der Waals surface area (Å²) < 4.78 is 0. The van der Waals surface area contributed by atoms with Crippen molar-refractivity contribution in [3.05, 3.63) is 23.4 Å². The van der Waals surface area contributed by atoms with Crippen molar-refractivity contribution in [1.82, 2.24) is 10.3 Å². The molecule has 3 nitrogen and oxygen atoms in total. The quantitative estimate of drug-likeness (QED) is 0.867. The van der Waals surface area contributed by atoms with Gasteiger partial charge in [0.05, 0.1) is 0 Å². The number of hydrogen-bond donors (Lipinski definition) is 1. The lowest BCUT2D eigenvalue weighted by atomic mass is 10.1. The van der Waals surface area contributed by atoms with Crippen LogP contribution in [0.2, 0.25) is 0 Å². The molecule has 1 aromatic heterocycles. The lowest BCUT2D eigenvalue weighted by Gasteiger charge is -2.26. The Labute approximate surface area is 111 Å². The van der Waals surface area contributed by atoms with E-state index < -0.39 is 0 Å². The molecule has 100 valence electrons. The Balaban J connectivity index is 2.21. The minimum Gasteiger partial charge on any atom is -0.357 e. The van der Waals surface area contributed by atoms with Gasteiger partial charge in [0.2, 0.25) is 0 Å². The average Bonchev–Trinajstić information content (AvgIpc) is 2.91. The third kappa shape index (κ3) is 3.02. The van der Waals surface area contributed by atoms with Gasteiger partial charge in [-0.2, -0.15) is 0 Å². The molecule has 1 N–H and O–H groups in total. The van der Waals surface area contributed by atoms with Crippen LogP contribution in [0.25, 0.3) is 0 Å². The second-order valence-electron chi connectivity index (χ2n) is 5.26. The predicted octanol–water partition coefficient (Wildman–Crippen LogP) is 2.74. The van der Waals surface area contributed by atoms with Crippen LogP contribution in [-0.4, -0.2) is 25.1 Å². The zero-order valence-corrected chi connectivity index (χ0v) is 11.9. The molecule has 0 atom stereocenters. The second kappa shape index (κ2) is 6.19. The van der Waals surface area contributed by atoms with Crippen molar-refractivity contribution >= 4 is 5.82 Å². The molecule has 1 fully saturated rings. The molecule has 3 heteroatoms. The topological polar surface area (TPSA) is 28.2 Å². The Morgan fingerprint density at radius 2 is 2.06 bits per heavy atom. The zero-order chi connectivity index (χ0) is 13.0. The van der Waals surface area contributed by atoms with Crippen LogP contribution in [0.1, 0.15) is 43.9 Å². The molecule has 0 bridgehead atoms. The minimum atomic E-state index is 0.687. The van der Waals surface area contributed by atoms with Gasteiger partial charge in [0, 0.05) is 25.3 Å². The van der Waals surface area contributed by atoms with E-state index in [1.165, 1.54) is 36.9 Å². The van der Waals surface area contributed by atoms with Crippen molar-refractivity contribution in [1.29, 1.82) is 0 Å². The predicted molar refractivity (Wildman–Crippen MR) is 77.0 cm³/mol. The number of pyridine rings is 1. The van der Waals surface area contributed by atoms with Gasteiger partial charge >= 0.3 is 0 Å². The van der Waals surface area contributed by atoms with Crippen molar-refractivity contribution in [3.63, 3.8) is 0 Å². The lowest BCUT2D eigenvalue weighted by molar-refractivity contribution is 0.644. The number of rotatable bonds is 5. The Bertz CT molecular complexity index is 383. The lowest BCUT2D eigenvalue weighted by Crippen LogP contribution is -2.30. The summed E-state index contributed by atoms with van der Waals surface area (Å²) in [5, 5.41) is 3.22. The van der Waals surface area contributed by atoms with Gasteiger partial charge in [-0.25, -0.2) is 4.98 Å². The van der Waals surface area contributed by atoms with Gasteiger partial charge < -0.3 is 10.2 Å². The van der Waals surface area contributed by atoms with Crippen LogP contribution < -0.4 is 10.2 Å². The van der Waals surface area contributed by atoms with Crippen molar-refractivity contribution < 1.29 is 0 Å². The van der Waals surface area contributed by atoms with E-state index in [2.05, 4.69) is 36.3 Å². The number of nitrogens with one attached hydrogen (secondary N) is 1. The highest BCUT2D eigenvalue weighted by Crippen LogP contribution is 2.26. The summed E-state index contributed by atoms with van der Waals surface area (Å²) in [5.74, 6) is 1.14. The van der Waals surface area contributed by atoms with Gasteiger partial charge in [0.15, 0.2) is 0 Å². The maximum absolute atomic E-state index is 4.78. The monoisotopic (exact) mass is 247 g/mol. The minimum absolute atomic E-state index is 0.687. The fourth-order valence-electron chi connectivity index (χ4n) is 2.78. The molecule has 1 aromatic rings. The van der Waals surface area contributed by atoms with Gasteiger partial charge in [0.1, 0.15) is 5.82 Å². The summed E-state index contributed by atoms with van der Waals surface area (Å²) in [7, 11) is 4.19.